The van der Waals surface area contributed by atoms with Crippen LogP contribution in [-0.2, 0) is 11.3 Å². The summed E-state index contributed by atoms with van der Waals surface area (Å²) in [7, 11) is 0. The second-order valence-corrected chi connectivity index (χ2v) is 10.1. The van der Waals surface area contributed by atoms with Gasteiger partial charge in [-0.05, 0) is 37.5 Å². The van der Waals surface area contributed by atoms with Gasteiger partial charge in [0.2, 0.25) is 5.91 Å². The molecule has 0 aliphatic carbocycles. The Morgan fingerprint density at radius 3 is 2.15 bits per heavy atom. The van der Waals surface area contributed by atoms with Gasteiger partial charge in [-0.3, -0.25) is 19.4 Å². The van der Waals surface area contributed by atoms with Crippen LogP contribution < -0.4 is 0 Å². The van der Waals surface area contributed by atoms with Gasteiger partial charge in [0.1, 0.15) is 0 Å². The number of carbonyl (C=O) groups excluding carboxylic acids is 2. The van der Waals surface area contributed by atoms with Gasteiger partial charge in [0.15, 0.2) is 0 Å². The summed E-state index contributed by atoms with van der Waals surface area (Å²) >= 11 is 0. The average molecular weight is 459 g/mol. The fraction of sp³-hybridized carbons (Fsp3) is 0.393. The van der Waals surface area contributed by atoms with Crippen LogP contribution in [0.4, 0.5) is 0 Å². The van der Waals surface area contributed by atoms with Crippen molar-refractivity contribution in [3.8, 4) is 5.69 Å². The smallest absolute Gasteiger partial charge is 0.264 e. The zero-order valence-electron chi connectivity index (χ0n) is 20.6. The Morgan fingerprint density at radius 1 is 0.971 bits per heavy atom. The van der Waals surface area contributed by atoms with Gasteiger partial charge >= 0.3 is 0 Å². The van der Waals surface area contributed by atoms with Crippen LogP contribution in [0.15, 0.2) is 66.9 Å². The molecule has 2 aromatic carbocycles. The third-order valence-electron chi connectivity index (χ3n) is 6.49. The topological polar surface area (TPSA) is 58.4 Å². The summed E-state index contributed by atoms with van der Waals surface area (Å²) in [6.07, 6.45) is 3.14. The van der Waals surface area contributed by atoms with Crippen molar-refractivity contribution >= 4 is 11.8 Å². The highest BCUT2D eigenvalue weighted by Gasteiger charge is 2.39. The van der Waals surface area contributed by atoms with Crippen molar-refractivity contribution in [2.45, 2.75) is 53.1 Å². The summed E-state index contributed by atoms with van der Waals surface area (Å²) in [4.78, 5) is 31.2. The van der Waals surface area contributed by atoms with Gasteiger partial charge in [0, 0.05) is 31.1 Å². The molecule has 0 atom stereocenters. The number of nitrogens with zero attached hydrogens (tertiary/aromatic N) is 4. The molecule has 1 fully saturated rings. The van der Waals surface area contributed by atoms with E-state index in [4.69, 9.17) is 0 Å². The lowest BCUT2D eigenvalue weighted by atomic mass is 9.91. The molecule has 0 spiro atoms. The van der Waals surface area contributed by atoms with E-state index in [0.717, 1.165) is 43.9 Å². The molecule has 1 aromatic heterocycles. The van der Waals surface area contributed by atoms with Gasteiger partial charge in [-0.1, -0.05) is 69.3 Å². The Balaban J connectivity index is 1.55. The predicted octanol–water partition coefficient (Wildman–Crippen LogP) is 4.86. The largest absolute Gasteiger partial charge is 0.299 e. The first-order chi connectivity index (χ1) is 16.3. The number of piperidine rings is 1. The van der Waals surface area contributed by atoms with Crippen LogP contribution in [0.3, 0.4) is 0 Å². The molecule has 6 heteroatoms. The number of imide groups is 1. The first-order valence-corrected chi connectivity index (χ1v) is 12.0. The van der Waals surface area contributed by atoms with Crippen molar-refractivity contribution in [2.24, 2.45) is 5.41 Å². The molecule has 3 aromatic rings. The number of rotatable bonds is 5. The quantitative estimate of drug-likeness (QED) is 0.548. The molecular weight excluding hydrogens is 424 g/mol. The summed E-state index contributed by atoms with van der Waals surface area (Å²) in [5.74, 6) is -0.382. The second-order valence-electron chi connectivity index (χ2n) is 10.1. The maximum absolute atomic E-state index is 13.8. The van der Waals surface area contributed by atoms with Gasteiger partial charge in [0.25, 0.3) is 5.91 Å². The fourth-order valence-electron chi connectivity index (χ4n) is 4.54. The first kappa shape index (κ1) is 23.9. The van der Waals surface area contributed by atoms with Crippen molar-refractivity contribution in [2.75, 3.05) is 13.1 Å². The molecule has 4 rings (SSSR count). The maximum Gasteiger partial charge on any atom is 0.264 e. The van der Waals surface area contributed by atoms with E-state index in [9.17, 15) is 9.59 Å². The number of likely N-dealkylation sites (tertiary alicyclic amines) is 1. The second kappa shape index (κ2) is 9.94. The summed E-state index contributed by atoms with van der Waals surface area (Å²) in [6, 6.07) is 20.0. The molecule has 0 bridgehead atoms. The molecule has 1 aliphatic rings. The summed E-state index contributed by atoms with van der Waals surface area (Å²) in [5.41, 5.74) is 2.74. The van der Waals surface area contributed by atoms with E-state index in [1.165, 1.54) is 10.5 Å². The Bertz CT molecular complexity index is 1120. The highest BCUT2D eigenvalue weighted by molar-refractivity contribution is 6.06. The van der Waals surface area contributed by atoms with Crippen molar-refractivity contribution < 1.29 is 9.59 Å². The number of benzene rings is 2. The van der Waals surface area contributed by atoms with Crippen LogP contribution in [0.1, 0.15) is 55.2 Å². The van der Waals surface area contributed by atoms with E-state index in [1.54, 1.807) is 10.9 Å². The molecule has 6 nitrogen and oxygen atoms in total. The van der Waals surface area contributed by atoms with Crippen molar-refractivity contribution in [3.63, 3.8) is 0 Å². The molecule has 1 saturated heterocycles. The van der Waals surface area contributed by atoms with E-state index >= 15 is 0 Å². The number of para-hydroxylation sites is 1. The third-order valence-corrected chi connectivity index (χ3v) is 6.49. The van der Waals surface area contributed by atoms with Gasteiger partial charge in [-0.2, -0.15) is 5.10 Å². The lowest BCUT2D eigenvalue weighted by molar-refractivity contribution is -0.139. The Morgan fingerprint density at radius 2 is 1.56 bits per heavy atom. The van der Waals surface area contributed by atoms with Crippen molar-refractivity contribution in [3.05, 3.63) is 83.7 Å². The van der Waals surface area contributed by atoms with E-state index in [1.807, 2.05) is 64.1 Å². The number of hydrogen-bond donors (Lipinski definition) is 0. The molecule has 2 amide bonds. The van der Waals surface area contributed by atoms with Crippen LogP contribution in [0.2, 0.25) is 0 Å². The van der Waals surface area contributed by atoms with E-state index in [0.29, 0.717) is 5.56 Å². The van der Waals surface area contributed by atoms with Gasteiger partial charge in [0.05, 0.1) is 23.1 Å². The van der Waals surface area contributed by atoms with Crippen LogP contribution in [0.25, 0.3) is 5.69 Å². The first-order valence-electron chi connectivity index (χ1n) is 12.0. The molecule has 0 unspecified atom stereocenters. The average Bonchev–Trinajstić information content (AvgIpc) is 3.22. The minimum Gasteiger partial charge on any atom is -0.299 e. The molecule has 34 heavy (non-hydrogen) atoms. The molecule has 178 valence electrons. The van der Waals surface area contributed by atoms with Crippen molar-refractivity contribution in [1.29, 1.82) is 0 Å². The Kier molecular flexibility index (Phi) is 6.98. The third kappa shape index (κ3) is 5.12. The lowest BCUT2D eigenvalue weighted by Gasteiger charge is -2.39. The molecule has 0 radical (unpaired) electrons. The normalized spacial score (nSPS) is 15.3. The monoisotopic (exact) mass is 458 g/mol. The molecular formula is C28H34N4O2. The van der Waals surface area contributed by atoms with Crippen LogP contribution >= 0.6 is 0 Å². The number of aromatic nitrogens is 2. The van der Waals surface area contributed by atoms with Gasteiger partial charge in [-0.15, -0.1) is 0 Å². The van der Waals surface area contributed by atoms with Crippen molar-refractivity contribution in [1.82, 2.24) is 19.6 Å². The molecule has 0 saturated carbocycles. The molecule has 2 heterocycles. The minimum absolute atomic E-state index is 0.120. The Hall–Kier alpha value is -3.25. The van der Waals surface area contributed by atoms with E-state index < -0.39 is 5.41 Å². The van der Waals surface area contributed by atoms with Crippen LogP contribution in [0, 0.1) is 12.3 Å². The number of carbonyl (C=O) groups is 2. The maximum atomic E-state index is 13.8. The SMILES string of the molecule is Cc1c(C(=O)N(C(=O)C(C)(C)C)C2CCN(Cc3ccccc3)CC2)cnn1-c1ccccc1. The van der Waals surface area contributed by atoms with Gasteiger partial charge < -0.3 is 0 Å². The minimum atomic E-state index is -0.653. The van der Waals surface area contributed by atoms with Crippen LogP contribution in [0.5, 0.6) is 0 Å². The highest BCUT2D eigenvalue weighted by Crippen LogP contribution is 2.27. The van der Waals surface area contributed by atoms with Crippen LogP contribution in [-0.4, -0.2) is 50.5 Å². The molecule has 0 N–H and O–H groups in total. The zero-order chi connectivity index (χ0) is 24.3. The lowest BCUT2D eigenvalue weighted by Crippen LogP contribution is -2.53. The van der Waals surface area contributed by atoms with E-state index in [-0.39, 0.29) is 17.9 Å². The van der Waals surface area contributed by atoms with Gasteiger partial charge in [-0.25, -0.2) is 4.68 Å². The predicted molar refractivity (Wildman–Crippen MR) is 134 cm³/mol. The fourth-order valence-corrected chi connectivity index (χ4v) is 4.54. The standard InChI is InChI=1S/C28H34N4O2/c1-21-25(19-29-32(21)24-13-9-6-10-14-24)26(33)31(27(34)28(2,3)4)23-15-17-30(18-16-23)20-22-11-7-5-8-12-22/h5-14,19,23H,15-18,20H2,1-4H3. The Labute approximate surface area is 202 Å². The highest BCUT2D eigenvalue weighted by atomic mass is 16.2. The number of hydrogen-bond acceptors (Lipinski definition) is 4. The summed E-state index contributed by atoms with van der Waals surface area (Å²) in [5, 5.41) is 4.46. The van der Waals surface area contributed by atoms with E-state index in [2.05, 4.69) is 34.3 Å². The zero-order valence-corrected chi connectivity index (χ0v) is 20.6. The number of amides is 2. The summed E-state index contributed by atoms with van der Waals surface area (Å²) in [6.45, 7) is 10.1. The summed E-state index contributed by atoms with van der Waals surface area (Å²) < 4.78 is 1.76. The molecule has 1 aliphatic heterocycles.